The lowest BCUT2D eigenvalue weighted by Gasteiger charge is -2.39. The predicted molar refractivity (Wildman–Crippen MR) is 185 cm³/mol. The molecule has 0 radical (unpaired) electrons. The molecule has 2 atom stereocenters. The molecule has 15 heteroatoms. The van der Waals surface area contributed by atoms with Gasteiger partial charge in [0.1, 0.15) is 22.1 Å². The van der Waals surface area contributed by atoms with E-state index in [2.05, 4.69) is 39.5 Å². The molecule has 0 bridgehead atoms. The Labute approximate surface area is 288 Å². The molecule has 3 aromatic heterocycles. The van der Waals surface area contributed by atoms with Gasteiger partial charge >= 0.3 is 0 Å². The molecule has 2 aliphatic heterocycles. The highest BCUT2D eigenvalue weighted by Gasteiger charge is 2.31. The molecule has 0 aliphatic carbocycles. The van der Waals surface area contributed by atoms with E-state index in [-0.39, 0.29) is 33.3 Å². The number of carbonyl (C=O) groups is 3. The van der Waals surface area contributed by atoms with Crippen molar-refractivity contribution < 1.29 is 27.2 Å². The summed E-state index contributed by atoms with van der Waals surface area (Å²) in [5.41, 5.74) is 3.07. The van der Waals surface area contributed by atoms with Crippen LogP contribution in [0.2, 0.25) is 0 Å². The summed E-state index contributed by atoms with van der Waals surface area (Å²) in [5, 5.41) is 9.70. The number of hydrogen-bond donors (Lipinski definition) is 3. The molecular formula is C35H37FN8O5S. The van der Waals surface area contributed by atoms with E-state index in [0.29, 0.717) is 24.3 Å². The third kappa shape index (κ3) is 7.14. The number of anilines is 1. The van der Waals surface area contributed by atoms with E-state index < -0.39 is 27.7 Å². The summed E-state index contributed by atoms with van der Waals surface area (Å²) in [6.45, 7) is 5.69. The Kier molecular flexibility index (Phi) is 9.79. The number of aromatic nitrogens is 4. The van der Waals surface area contributed by atoms with Crippen LogP contribution in [0.4, 0.5) is 10.1 Å². The molecule has 50 heavy (non-hydrogen) atoms. The average Bonchev–Trinajstić information content (AvgIpc) is 3.78. The fourth-order valence-corrected chi connectivity index (χ4v) is 7.52. The Bertz CT molecular complexity index is 2190. The fourth-order valence-electron chi connectivity index (χ4n) is 6.35. The van der Waals surface area contributed by atoms with Crippen molar-refractivity contribution >= 4 is 39.1 Å². The van der Waals surface area contributed by atoms with Crippen LogP contribution in [0, 0.1) is 5.82 Å². The number of aryl methyl sites for hydroxylation is 1. The van der Waals surface area contributed by atoms with Crippen molar-refractivity contribution in [2.45, 2.75) is 50.1 Å². The average molecular weight is 701 g/mol. The number of nitrogens with one attached hydrogen (secondary N) is 3. The lowest BCUT2D eigenvalue weighted by molar-refractivity contribution is 0.0888. The number of likely N-dealkylation sites (tertiary alicyclic amines) is 1. The highest BCUT2D eigenvalue weighted by Crippen LogP contribution is 2.24. The first-order valence-electron chi connectivity index (χ1n) is 16.2. The molecule has 5 heterocycles. The molecular weight excluding hydrogens is 664 g/mol. The van der Waals surface area contributed by atoms with Crippen LogP contribution in [0.1, 0.15) is 64.3 Å². The van der Waals surface area contributed by atoms with Crippen LogP contribution in [0.3, 0.4) is 0 Å². The third-order valence-electron chi connectivity index (χ3n) is 9.02. The van der Waals surface area contributed by atoms with Crippen molar-refractivity contribution in [2.24, 2.45) is 7.05 Å². The Morgan fingerprint density at radius 1 is 1.02 bits per heavy atom. The molecule has 260 valence electrons. The monoisotopic (exact) mass is 700 g/mol. The maximum absolute atomic E-state index is 14.6. The first-order valence-corrected chi connectivity index (χ1v) is 17.7. The van der Waals surface area contributed by atoms with Crippen LogP contribution in [-0.2, 0) is 17.1 Å². The van der Waals surface area contributed by atoms with Gasteiger partial charge in [0, 0.05) is 55.7 Å². The normalized spacial score (nSPS) is 18.1. The lowest BCUT2D eigenvalue weighted by atomic mass is 9.98. The summed E-state index contributed by atoms with van der Waals surface area (Å²) in [4.78, 5) is 43.6. The van der Waals surface area contributed by atoms with Crippen LogP contribution >= 0.6 is 0 Å². The number of fused-ring (bicyclic) bond motifs is 2. The van der Waals surface area contributed by atoms with Crippen LogP contribution in [0.5, 0.6) is 0 Å². The van der Waals surface area contributed by atoms with Gasteiger partial charge < -0.3 is 10.6 Å². The molecule has 13 nitrogen and oxygen atoms in total. The number of benzene rings is 2. The van der Waals surface area contributed by atoms with Gasteiger partial charge in [0.2, 0.25) is 0 Å². The highest BCUT2D eigenvalue weighted by atomic mass is 32.2. The molecule has 3 amide bonds. The molecule has 2 aromatic carbocycles. The van der Waals surface area contributed by atoms with Gasteiger partial charge in [-0.05, 0) is 75.2 Å². The smallest absolute Gasteiger partial charge is 0.274 e. The van der Waals surface area contributed by atoms with Gasteiger partial charge in [0.15, 0.2) is 0 Å². The summed E-state index contributed by atoms with van der Waals surface area (Å²) in [5.74, 6) is -2.02. The number of carbonyl (C=O) groups excluding carboxylic acids is 3. The summed E-state index contributed by atoms with van der Waals surface area (Å²) in [7, 11) is -1.70. The molecule has 2 aliphatic rings. The molecule has 0 saturated carbocycles. The van der Waals surface area contributed by atoms with Crippen LogP contribution in [-0.4, -0.2) is 75.4 Å². The number of sulfonamides is 1. The predicted octanol–water partition coefficient (Wildman–Crippen LogP) is 4.24. The molecule has 3 N–H and O–H groups in total. The highest BCUT2D eigenvalue weighted by molar-refractivity contribution is 7.90. The van der Waals surface area contributed by atoms with Gasteiger partial charge in [-0.3, -0.25) is 28.4 Å². The maximum Gasteiger partial charge on any atom is 0.274 e. The summed E-state index contributed by atoms with van der Waals surface area (Å²) in [6.07, 6.45) is 8.45. The largest absolute Gasteiger partial charge is 0.351 e. The zero-order valence-electron chi connectivity index (χ0n) is 27.8. The second-order valence-corrected chi connectivity index (χ2v) is 14.0. The van der Waals surface area contributed by atoms with Gasteiger partial charge in [0.05, 0.1) is 23.1 Å². The van der Waals surface area contributed by atoms with Crippen molar-refractivity contribution in [2.75, 3.05) is 18.4 Å². The van der Waals surface area contributed by atoms with E-state index in [0.717, 1.165) is 30.6 Å². The number of pyridine rings is 1. The number of halogens is 1. The molecule has 0 unspecified atom stereocenters. The van der Waals surface area contributed by atoms with E-state index in [4.69, 9.17) is 0 Å². The quantitative estimate of drug-likeness (QED) is 0.228. The number of piperidine rings is 1. The van der Waals surface area contributed by atoms with E-state index in [1.165, 1.54) is 42.9 Å². The van der Waals surface area contributed by atoms with Gasteiger partial charge in [-0.1, -0.05) is 18.6 Å². The molecule has 7 rings (SSSR count). The topological polar surface area (TPSA) is 160 Å². The second kappa shape index (κ2) is 14.2. The van der Waals surface area contributed by atoms with E-state index in [1.54, 1.807) is 33.6 Å². The van der Waals surface area contributed by atoms with Gasteiger partial charge in [-0.25, -0.2) is 22.5 Å². The minimum Gasteiger partial charge on any atom is -0.351 e. The first kappa shape index (κ1) is 34.5. The summed E-state index contributed by atoms with van der Waals surface area (Å²) < 4.78 is 42.1. The molecule has 1 saturated heterocycles. The first-order chi connectivity index (χ1) is 23.9. The van der Waals surface area contributed by atoms with Crippen molar-refractivity contribution in [1.82, 2.24) is 34.1 Å². The summed E-state index contributed by atoms with van der Waals surface area (Å²) in [6, 6.07) is 16.6. The number of imidazole rings is 1. The standard InChI is InChI=1S/C28H32FN7O2.C7H5NO3S/c1-18-5-4-6-19(2)35(18)14-12-30-27(37)21-7-8-22(29)23(15-21)33-28(38)25-17-31-26-16-20(10-13-36(25)26)24-9-11-32-34(24)3;9-7-5-3-1-2-4-6(5)12(10,11)8-7/h7-11,13,15-19H,4-6,12,14H2,1-3H3,(H,30,37)(H,33,38);1-4H,(H,8,9)/t18-,19+;. The third-order valence-corrected chi connectivity index (χ3v) is 10.4. The Morgan fingerprint density at radius 3 is 2.50 bits per heavy atom. The SMILES string of the molecule is C[C@@H]1CCC[C@H](C)N1CCNC(=O)c1ccc(F)c(NC(=O)c2cnc3cc(-c4ccnn4C)ccn23)c1.O=C1NS(=O)(=O)c2ccccc21. The molecule has 1 fully saturated rings. The Morgan fingerprint density at radius 2 is 1.78 bits per heavy atom. The number of hydrogen-bond acceptors (Lipinski definition) is 8. The number of nitrogens with zero attached hydrogens (tertiary/aromatic N) is 5. The van der Waals surface area contributed by atoms with Crippen molar-refractivity contribution in [1.29, 1.82) is 0 Å². The van der Waals surface area contributed by atoms with Crippen LogP contribution in [0.15, 0.2) is 84.1 Å². The van der Waals surface area contributed by atoms with E-state index in [1.807, 2.05) is 30.0 Å². The van der Waals surface area contributed by atoms with Gasteiger partial charge in [-0.15, -0.1) is 0 Å². The van der Waals surface area contributed by atoms with Crippen molar-refractivity contribution in [3.8, 4) is 11.3 Å². The van der Waals surface area contributed by atoms with Crippen LogP contribution < -0.4 is 15.4 Å². The van der Waals surface area contributed by atoms with Gasteiger partial charge in [-0.2, -0.15) is 5.10 Å². The van der Waals surface area contributed by atoms with Crippen molar-refractivity contribution in [3.05, 3.63) is 102 Å². The van der Waals surface area contributed by atoms with E-state index in [9.17, 15) is 27.2 Å². The molecule has 5 aromatic rings. The minimum absolute atomic E-state index is 0.0648. The second-order valence-electron chi connectivity index (χ2n) is 12.3. The van der Waals surface area contributed by atoms with E-state index >= 15 is 0 Å². The Balaban J connectivity index is 0.000000302. The number of rotatable bonds is 7. The lowest BCUT2D eigenvalue weighted by Crippen LogP contribution is -2.47. The molecule has 0 spiro atoms. The maximum atomic E-state index is 14.6. The Hall–Kier alpha value is -5.41. The zero-order valence-corrected chi connectivity index (χ0v) is 28.6. The summed E-state index contributed by atoms with van der Waals surface area (Å²) >= 11 is 0. The minimum atomic E-state index is -3.55. The number of amides is 3. The van der Waals surface area contributed by atoms with Gasteiger partial charge in [0.25, 0.3) is 27.7 Å². The van der Waals surface area contributed by atoms with Crippen molar-refractivity contribution in [3.63, 3.8) is 0 Å². The fraction of sp³-hybridized carbons (Fsp3) is 0.286. The zero-order chi connectivity index (χ0) is 35.6. The van der Waals surface area contributed by atoms with Crippen LogP contribution in [0.25, 0.3) is 16.9 Å².